The number of ether oxygens (including phenoxy) is 1. The predicted molar refractivity (Wildman–Crippen MR) is 113 cm³/mol. The number of amides is 1. The number of rotatable bonds is 4. The van der Waals surface area contributed by atoms with Crippen molar-refractivity contribution in [2.24, 2.45) is 5.92 Å². The highest BCUT2D eigenvalue weighted by Crippen LogP contribution is 2.32. The Morgan fingerprint density at radius 3 is 2.86 bits per heavy atom. The van der Waals surface area contributed by atoms with Crippen molar-refractivity contribution in [1.82, 2.24) is 9.88 Å². The molecule has 0 bridgehead atoms. The van der Waals surface area contributed by atoms with Crippen LogP contribution < -0.4 is 0 Å². The van der Waals surface area contributed by atoms with Gasteiger partial charge in [-0.1, -0.05) is 32.0 Å². The monoisotopic (exact) mass is 394 g/mol. The molecule has 2 heterocycles. The van der Waals surface area contributed by atoms with Crippen LogP contribution in [0.1, 0.15) is 67.6 Å². The first-order valence-corrected chi connectivity index (χ1v) is 11.0. The van der Waals surface area contributed by atoms with Crippen molar-refractivity contribution in [3.63, 3.8) is 0 Å². The zero-order chi connectivity index (χ0) is 20.4. The first-order chi connectivity index (χ1) is 14.1. The third kappa shape index (κ3) is 4.00. The van der Waals surface area contributed by atoms with Crippen LogP contribution in [0.2, 0.25) is 0 Å². The second kappa shape index (κ2) is 8.52. The zero-order valence-electron chi connectivity index (χ0n) is 17.4. The maximum absolute atomic E-state index is 13.2. The first-order valence-electron chi connectivity index (χ1n) is 11.0. The maximum Gasteiger partial charge on any atom is 0.339 e. The van der Waals surface area contributed by atoms with E-state index in [1.54, 1.807) is 0 Å². The van der Waals surface area contributed by atoms with Gasteiger partial charge in [-0.25, -0.2) is 4.79 Å². The number of esters is 1. The molecule has 0 radical (unpaired) electrons. The molecule has 4 rings (SSSR count). The number of carbonyl (C=O) groups excluding carboxylic acids is 2. The minimum atomic E-state index is -0.396. The van der Waals surface area contributed by atoms with Crippen LogP contribution in [0.15, 0.2) is 24.3 Å². The van der Waals surface area contributed by atoms with E-state index in [2.05, 4.69) is 13.8 Å². The first kappa shape index (κ1) is 19.9. The van der Waals surface area contributed by atoms with E-state index in [4.69, 9.17) is 9.72 Å². The van der Waals surface area contributed by atoms with Crippen LogP contribution in [-0.2, 0) is 22.4 Å². The smallest absolute Gasteiger partial charge is 0.339 e. The summed E-state index contributed by atoms with van der Waals surface area (Å²) in [6, 6.07) is 8.00. The summed E-state index contributed by atoms with van der Waals surface area (Å²) >= 11 is 0. The molecule has 1 aliphatic heterocycles. The molecule has 0 N–H and O–H groups in total. The van der Waals surface area contributed by atoms with E-state index in [0.717, 1.165) is 73.7 Å². The molecule has 0 spiro atoms. The summed E-state index contributed by atoms with van der Waals surface area (Å²) in [7, 11) is 0. The largest absolute Gasteiger partial charge is 0.452 e. The van der Waals surface area contributed by atoms with Crippen molar-refractivity contribution in [2.75, 3.05) is 13.2 Å². The second-order valence-electron chi connectivity index (χ2n) is 8.50. The lowest BCUT2D eigenvalue weighted by molar-refractivity contribution is -0.138. The Hall–Kier alpha value is -2.43. The molecule has 5 nitrogen and oxygen atoms in total. The Balaban J connectivity index is 1.58. The molecule has 1 fully saturated rings. The number of nitrogens with zero attached hydrogens (tertiary/aromatic N) is 2. The average molecular weight is 395 g/mol. The van der Waals surface area contributed by atoms with Gasteiger partial charge in [0.05, 0.1) is 11.1 Å². The molecule has 1 saturated heterocycles. The lowest BCUT2D eigenvalue weighted by atomic mass is 9.84. The molecule has 2 aromatic rings. The summed E-state index contributed by atoms with van der Waals surface area (Å²) in [5.74, 6) is 0.0372. The highest BCUT2D eigenvalue weighted by Gasteiger charge is 2.29. The number of para-hydroxylation sites is 1. The minimum Gasteiger partial charge on any atom is -0.452 e. The van der Waals surface area contributed by atoms with E-state index in [0.29, 0.717) is 11.5 Å². The number of hydrogen-bond donors (Lipinski definition) is 0. The summed E-state index contributed by atoms with van der Waals surface area (Å²) in [6.07, 6.45) is 6.96. The van der Waals surface area contributed by atoms with Crippen LogP contribution in [0.3, 0.4) is 0 Å². The van der Waals surface area contributed by atoms with Gasteiger partial charge in [0.1, 0.15) is 0 Å². The van der Waals surface area contributed by atoms with Crippen molar-refractivity contribution >= 4 is 22.8 Å². The molecule has 154 valence electrons. The number of aryl methyl sites for hydroxylation is 1. The fourth-order valence-electron chi connectivity index (χ4n) is 4.83. The summed E-state index contributed by atoms with van der Waals surface area (Å²) in [5.41, 5.74) is 3.43. The van der Waals surface area contributed by atoms with Gasteiger partial charge in [-0.3, -0.25) is 9.78 Å². The molecule has 5 heteroatoms. The van der Waals surface area contributed by atoms with Gasteiger partial charge in [0.2, 0.25) is 0 Å². The highest BCUT2D eigenvalue weighted by molar-refractivity contribution is 6.05. The summed E-state index contributed by atoms with van der Waals surface area (Å²) in [6.45, 7) is 4.90. The van der Waals surface area contributed by atoms with Crippen molar-refractivity contribution in [2.45, 2.75) is 64.8 Å². The lowest BCUT2D eigenvalue weighted by Crippen LogP contribution is -2.45. The van der Waals surface area contributed by atoms with E-state index in [-0.39, 0.29) is 18.6 Å². The van der Waals surface area contributed by atoms with Gasteiger partial charge in [0.25, 0.3) is 5.91 Å². The molecule has 0 saturated carbocycles. The summed E-state index contributed by atoms with van der Waals surface area (Å²) in [5, 5.41) is 0.821. The molecule has 2 unspecified atom stereocenters. The van der Waals surface area contributed by atoms with Crippen LogP contribution in [0.5, 0.6) is 0 Å². The Labute approximate surface area is 172 Å². The number of likely N-dealkylation sites (tertiary alicyclic amines) is 1. The molecule has 2 aliphatic rings. The van der Waals surface area contributed by atoms with Gasteiger partial charge >= 0.3 is 5.97 Å². The van der Waals surface area contributed by atoms with Crippen molar-refractivity contribution in [3.8, 4) is 0 Å². The summed E-state index contributed by atoms with van der Waals surface area (Å²) in [4.78, 5) is 32.6. The number of pyridine rings is 1. The van der Waals surface area contributed by atoms with Crippen molar-refractivity contribution < 1.29 is 14.3 Å². The maximum atomic E-state index is 13.2. The number of benzene rings is 1. The predicted octanol–water partition coefficient (Wildman–Crippen LogP) is 4.31. The normalized spacial score (nSPS) is 21.7. The SMILES string of the molecule is CCC1CCCCN1C(=O)COC(=O)c1c2c(nc3ccccc13)CCC(C)C2. The zero-order valence-corrected chi connectivity index (χ0v) is 17.4. The van der Waals surface area contributed by atoms with Crippen LogP contribution >= 0.6 is 0 Å². The standard InChI is InChI=1S/C24H30N2O3/c1-3-17-8-6-7-13-26(17)22(27)15-29-24(28)23-18-9-4-5-10-20(18)25-21-12-11-16(2)14-19(21)23/h4-5,9-10,16-17H,3,6-8,11-15H2,1-2H3. The average Bonchev–Trinajstić information content (AvgIpc) is 2.75. The van der Waals surface area contributed by atoms with Crippen LogP contribution in [0.4, 0.5) is 0 Å². The van der Waals surface area contributed by atoms with Gasteiger partial charge < -0.3 is 9.64 Å². The molecule has 2 atom stereocenters. The fourth-order valence-corrected chi connectivity index (χ4v) is 4.83. The van der Waals surface area contributed by atoms with E-state index in [9.17, 15) is 9.59 Å². The third-order valence-electron chi connectivity index (χ3n) is 6.46. The van der Waals surface area contributed by atoms with Gasteiger partial charge in [0.15, 0.2) is 6.61 Å². The van der Waals surface area contributed by atoms with Gasteiger partial charge in [-0.15, -0.1) is 0 Å². The van der Waals surface area contributed by atoms with E-state index < -0.39 is 5.97 Å². The van der Waals surface area contributed by atoms with Gasteiger partial charge in [-0.2, -0.15) is 0 Å². The Morgan fingerprint density at radius 1 is 1.21 bits per heavy atom. The Morgan fingerprint density at radius 2 is 2.03 bits per heavy atom. The molecule has 1 aromatic carbocycles. The van der Waals surface area contributed by atoms with Crippen LogP contribution in [0, 0.1) is 5.92 Å². The molecule has 1 aromatic heterocycles. The Bertz CT molecular complexity index is 924. The van der Waals surface area contributed by atoms with Crippen molar-refractivity contribution in [3.05, 3.63) is 41.1 Å². The molecular weight excluding hydrogens is 364 g/mol. The number of piperidine rings is 1. The number of carbonyl (C=O) groups is 2. The van der Waals surface area contributed by atoms with Crippen LogP contribution in [-0.4, -0.2) is 41.0 Å². The second-order valence-corrected chi connectivity index (χ2v) is 8.50. The van der Waals surface area contributed by atoms with Crippen LogP contribution in [0.25, 0.3) is 10.9 Å². The van der Waals surface area contributed by atoms with Gasteiger partial charge in [-0.05, 0) is 62.5 Å². The molecular formula is C24H30N2O3. The Kier molecular flexibility index (Phi) is 5.84. The molecule has 29 heavy (non-hydrogen) atoms. The molecule has 1 amide bonds. The van der Waals surface area contributed by atoms with E-state index in [1.807, 2.05) is 29.2 Å². The quantitative estimate of drug-likeness (QED) is 0.725. The topological polar surface area (TPSA) is 59.5 Å². The van der Waals surface area contributed by atoms with E-state index >= 15 is 0 Å². The van der Waals surface area contributed by atoms with E-state index in [1.165, 1.54) is 0 Å². The van der Waals surface area contributed by atoms with Gasteiger partial charge in [0, 0.05) is 23.7 Å². The summed E-state index contributed by atoms with van der Waals surface area (Å²) < 4.78 is 5.59. The number of hydrogen-bond acceptors (Lipinski definition) is 4. The lowest BCUT2D eigenvalue weighted by Gasteiger charge is -2.35. The van der Waals surface area contributed by atoms with Crippen molar-refractivity contribution in [1.29, 1.82) is 0 Å². The minimum absolute atomic E-state index is 0.0782. The number of aromatic nitrogens is 1. The fraction of sp³-hybridized carbons (Fsp3) is 0.542. The third-order valence-corrected chi connectivity index (χ3v) is 6.46. The number of fused-ring (bicyclic) bond motifs is 2. The molecule has 1 aliphatic carbocycles. The highest BCUT2D eigenvalue weighted by atomic mass is 16.5.